The SMILES string of the molecule is CCCCCCCCCCCCOC(=O)[C@H](C)NC(=O)c1cccc(OC)c1. The molecule has 0 heterocycles. The van der Waals surface area contributed by atoms with Crippen LogP contribution in [0.2, 0.25) is 0 Å². The summed E-state index contributed by atoms with van der Waals surface area (Å²) in [6, 6.07) is 6.14. The number of rotatable bonds is 15. The van der Waals surface area contributed by atoms with E-state index in [9.17, 15) is 9.59 Å². The molecule has 158 valence electrons. The predicted octanol–water partition coefficient (Wildman–Crippen LogP) is 5.28. The third-order valence-corrected chi connectivity index (χ3v) is 4.78. The molecule has 0 aliphatic heterocycles. The number of hydrogen-bond donors (Lipinski definition) is 1. The predicted molar refractivity (Wildman–Crippen MR) is 113 cm³/mol. The lowest BCUT2D eigenvalue weighted by atomic mass is 10.1. The Morgan fingerprint density at radius 2 is 1.57 bits per heavy atom. The highest BCUT2D eigenvalue weighted by atomic mass is 16.5. The fraction of sp³-hybridized carbons (Fsp3) is 0.652. The minimum absolute atomic E-state index is 0.317. The summed E-state index contributed by atoms with van der Waals surface area (Å²) in [4.78, 5) is 24.2. The van der Waals surface area contributed by atoms with Gasteiger partial charge in [0, 0.05) is 5.56 Å². The van der Waals surface area contributed by atoms with Gasteiger partial charge in [-0.25, -0.2) is 4.79 Å². The third-order valence-electron chi connectivity index (χ3n) is 4.78. The minimum atomic E-state index is -0.679. The number of amides is 1. The van der Waals surface area contributed by atoms with Gasteiger partial charge in [-0.1, -0.05) is 70.8 Å². The van der Waals surface area contributed by atoms with E-state index in [0.717, 1.165) is 12.8 Å². The number of hydrogen-bond acceptors (Lipinski definition) is 4. The Balaban J connectivity index is 2.10. The number of methoxy groups -OCH3 is 1. The first-order chi connectivity index (χ1) is 13.6. The zero-order valence-corrected chi connectivity index (χ0v) is 17.8. The van der Waals surface area contributed by atoms with Gasteiger partial charge < -0.3 is 14.8 Å². The van der Waals surface area contributed by atoms with Gasteiger partial charge in [0.2, 0.25) is 0 Å². The summed E-state index contributed by atoms with van der Waals surface area (Å²) in [7, 11) is 1.55. The van der Waals surface area contributed by atoms with Crippen LogP contribution in [0.3, 0.4) is 0 Å². The maximum Gasteiger partial charge on any atom is 0.328 e. The number of ether oxygens (including phenoxy) is 2. The molecule has 0 aliphatic rings. The van der Waals surface area contributed by atoms with Crippen molar-refractivity contribution in [2.24, 2.45) is 0 Å². The fourth-order valence-corrected chi connectivity index (χ4v) is 2.99. The van der Waals surface area contributed by atoms with Gasteiger partial charge in [0.15, 0.2) is 0 Å². The van der Waals surface area contributed by atoms with Crippen LogP contribution in [0.4, 0.5) is 0 Å². The van der Waals surface area contributed by atoms with Crippen LogP contribution in [0, 0.1) is 0 Å². The molecule has 28 heavy (non-hydrogen) atoms. The lowest BCUT2D eigenvalue weighted by molar-refractivity contribution is -0.145. The van der Waals surface area contributed by atoms with Crippen LogP contribution >= 0.6 is 0 Å². The quantitative estimate of drug-likeness (QED) is 0.326. The van der Waals surface area contributed by atoms with E-state index in [0.29, 0.717) is 17.9 Å². The van der Waals surface area contributed by atoms with E-state index in [4.69, 9.17) is 9.47 Å². The number of unbranched alkanes of at least 4 members (excludes halogenated alkanes) is 9. The van der Waals surface area contributed by atoms with Crippen LogP contribution in [0.5, 0.6) is 5.75 Å². The summed E-state index contributed by atoms with van der Waals surface area (Å²) in [5, 5.41) is 2.67. The second-order valence-electron chi connectivity index (χ2n) is 7.28. The van der Waals surface area contributed by atoms with E-state index < -0.39 is 12.0 Å². The molecule has 1 rings (SSSR count). The molecule has 0 bridgehead atoms. The van der Waals surface area contributed by atoms with Gasteiger partial charge in [-0.15, -0.1) is 0 Å². The van der Waals surface area contributed by atoms with Crippen LogP contribution in [0.15, 0.2) is 24.3 Å². The number of benzene rings is 1. The first kappa shape index (κ1) is 24.0. The first-order valence-corrected chi connectivity index (χ1v) is 10.7. The second-order valence-corrected chi connectivity index (χ2v) is 7.28. The Bertz CT molecular complexity index is 573. The maximum atomic E-state index is 12.2. The summed E-state index contributed by atoms with van der Waals surface area (Å²) < 4.78 is 10.4. The van der Waals surface area contributed by atoms with Crippen LogP contribution in [0.1, 0.15) is 88.4 Å². The molecule has 5 heteroatoms. The molecular weight excluding hydrogens is 354 g/mol. The normalized spacial score (nSPS) is 11.7. The standard InChI is InChI=1S/C23H37NO4/c1-4-5-6-7-8-9-10-11-12-13-17-28-23(26)19(2)24-22(25)20-15-14-16-21(18-20)27-3/h14-16,18-19H,4-13,17H2,1-3H3,(H,24,25)/t19-/m0/s1. The Labute approximate surface area is 170 Å². The highest BCUT2D eigenvalue weighted by Gasteiger charge is 2.18. The van der Waals surface area contributed by atoms with Crippen molar-refractivity contribution < 1.29 is 19.1 Å². The molecule has 0 spiro atoms. The molecule has 1 atom stereocenters. The van der Waals surface area contributed by atoms with E-state index in [2.05, 4.69) is 12.2 Å². The van der Waals surface area contributed by atoms with E-state index in [1.165, 1.54) is 51.4 Å². The minimum Gasteiger partial charge on any atom is -0.497 e. The van der Waals surface area contributed by atoms with E-state index >= 15 is 0 Å². The van der Waals surface area contributed by atoms with Crippen molar-refractivity contribution in [2.45, 2.75) is 84.1 Å². The van der Waals surface area contributed by atoms with Crippen molar-refractivity contribution in [3.05, 3.63) is 29.8 Å². The number of carbonyl (C=O) groups excluding carboxylic acids is 2. The topological polar surface area (TPSA) is 64.6 Å². The third kappa shape index (κ3) is 10.3. The number of esters is 1. The van der Waals surface area contributed by atoms with Gasteiger partial charge in [-0.2, -0.15) is 0 Å². The Hall–Kier alpha value is -2.04. The highest BCUT2D eigenvalue weighted by molar-refractivity contribution is 5.97. The lowest BCUT2D eigenvalue weighted by Crippen LogP contribution is -2.39. The molecule has 0 saturated carbocycles. The molecule has 0 fully saturated rings. The molecule has 0 unspecified atom stereocenters. The van der Waals surface area contributed by atoms with Crippen molar-refractivity contribution in [2.75, 3.05) is 13.7 Å². The zero-order chi connectivity index (χ0) is 20.6. The van der Waals surface area contributed by atoms with Crippen molar-refractivity contribution in [3.8, 4) is 5.75 Å². The fourth-order valence-electron chi connectivity index (χ4n) is 2.99. The number of carbonyl (C=O) groups is 2. The van der Waals surface area contributed by atoms with E-state index in [-0.39, 0.29) is 5.91 Å². The molecule has 0 aromatic heterocycles. The van der Waals surface area contributed by atoms with Crippen LogP contribution < -0.4 is 10.1 Å². The largest absolute Gasteiger partial charge is 0.497 e. The average molecular weight is 392 g/mol. The molecule has 0 aliphatic carbocycles. The van der Waals surface area contributed by atoms with Gasteiger partial charge in [0.25, 0.3) is 5.91 Å². The monoisotopic (exact) mass is 391 g/mol. The Morgan fingerprint density at radius 3 is 2.18 bits per heavy atom. The summed E-state index contributed by atoms with van der Waals surface area (Å²) in [6.07, 6.45) is 12.4. The van der Waals surface area contributed by atoms with Crippen LogP contribution in [-0.2, 0) is 9.53 Å². The first-order valence-electron chi connectivity index (χ1n) is 10.7. The van der Waals surface area contributed by atoms with Crippen molar-refractivity contribution in [1.82, 2.24) is 5.32 Å². The average Bonchev–Trinajstić information content (AvgIpc) is 2.71. The lowest BCUT2D eigenvalue weighted by Gasteiger charge is -2.14. The Morgan fingerprint density at radius 1 is 0.964 bits per heavy atom. The van der Waals surface area contributed by atoms with Crippen LogP contribution in [-0.4, -0.2) is 31.6 Å². The maximum absolute atomic E-state index is 12.2. The Kier molecular flexibility index (Phi) is 12.8. The van der Waals surface area contributed by atoms with Crippen molar-refractivity contribution in [3.63, 3.8) is 0 Å². The van der Waals surface area contributed by atoms with Gasteiger partial charge in [-0.05, 0) is 31.5 Å². The van der Waals surface area contributed by atoms with Crippen molar-refractivity contribution in [1.29, 1.82) is 0 Å². The van der Waals surface area contributed by atoms with E-state index in [1.807, 2.05) is 0 Å². The second kappa shape index (κ2) is 14.9. The van der Waals surface area contributed by atoms with Gasteiger partial charge in [0.1, 0.15) is 11.8 Å². The molecule has 0 saturated heterocycles. The summed E-state index contributed by atoms with van der Waals surface area (Å²) >= 11 is 0. The molecule has 1 N–H and O–H groups in total. The summed E-state index contributed by atoms with van der Waals surface area (Å²) in [5.74, 6) is -0.113. The molecular formula is C23H37NO4. The molecule has 5 nitrogen and oxygen atoms in total. The molecule has 1 aromatic carbocycles. The summed E-state index contributed by atoms with van der Waals surface area (Å²) in [6.45, 7) is 4.29. The van der Waals surface area contributed by atoms with Crippen molar-refractivity contribution >= 4 is 11.9 Å². The smallest absolute Gasteiger partial charge is 0.328 e. The van der Waals surface area contributed by atoms with E-state index in [1.54, 1.807) is 38.3 Å². The van der Waals surface area contributed by atoms with Gasteiger partial charge in [0.05, 0.1) is 13.7 Å². The zero-order valence-electron chi connectivity index (χ0n) is 17.8. The van der Waals surface area contributed by atoms with Gasteiger partial charge >= 0.3 is 5.97 Å². The molecule has 1 amide bonds. The van der Waals surface area contributed by atoms with Gasteiger partial charge in [-0.3, -0.25) is 4.79 Å². The van der Waals surface area contributed by atoms with Crippen LogP contribution in [0.25, 0.3) is 0 Å². The summed E-state index contributed by atoms with van der Waals surface area (Å²) in [5.41, 5.74) is 0.452. The number of nitrogens with one attached hydrogen (secondary N) is 1. The molecule has 1 aromatic rings. The molecule has 0 radical (unpaired) electrons. The highest BCUT2D eigenvalue weighted by Crippen LogP contribution is 2.13.